The minimum absolute atomic E-state index is 0.837. The summed E-state index contributed by atoms with van der Waals surface area (Å²) in [6.07, 6.45) is 13.5. The van der Waals surface area contributed by atoms with E-state index in [0.29, 0.717) is 0 Å². The fraction of sp³-hybridized carbons (Fsp3) is 0.478. The molecule has 23 heavy (non-hydrogen) atoms. The molecule has 0 spiro atoms. The molecule has 0 unspecified atom stereocenters. The van der Waals surface area contributed by atoms with Crippen LogP contribution in [0.2, 0.25) is 0 Å². The molecule has 1 aliphatic rings. The van der Waals surface area contributed by atoms with Gasteiger partial charge in [0.2, 0.25) is 0 Å². The average molecular weight is 306 g/mol. The van der Waals surface area contributed by atoms with Gasteiger partial charge in [0.15, 0.2) is 0 Å². The average Bonchev–Trinajstić information content (AvgIpc) is 2.64. The van der Waals surface area contributed by atoms with Crippen molar-refractivity contribution < 1.29 is 0 Å². The molecule has 0 bridgehead atoms. The fourth-order valence-corrected chi connectivity index (χ4v) is 3.87. The molecule has 0 nitrogen and oxygen atoms in total. The Labute approximate surface area is 141 Å². The van der Waals surface area contributed by atoms with Gasteiger partial charge in [0.05, 0.1) is 0 Å². The second-order valence-electron chi connectivity index (χ2n) is 7.12. The zero-order chi connectivity index (χ0) is 15.7. The molecular formula is C23H30. The SMILES string of the molecule is c1ccc(CCCCCc2ccc(C3CCCCC3)cc2)cc1. The van der Waals surface area contributed by atoms with Crippen molar-refractivity contribution in [3.8, 4) is 0 Å². The van der Waals surface area contributed by atoms with Gasteiger partial charge in [0.1, 0.15) is 0 Å². The molecule has 0 N–H and O–H groups in total. The summed E-state index contributed by atoms with van der Waals surface area (Å²) in [5.74, 6) is 0.837. The van der Waals surface area contributed by atoms with Gasteiger partial charge in [-0.1, -0.05) is 80.3 Å². The molecule has 1 fully saturated rings. The maximum atomic E-state index is 2.40. The Kier molecular flexibility index (Phi) is 6.32. The van der Waals surface area contributed by atoms with Gasteiger partial charge in [-0.25, -0.2) is 0 Å². The molecule has 0 saturated heterocycles. The summed E-state index contributed by atoms with van der Waals surface area (Å²) in [5, 5.41) is 0. The predicted molar refractivity (Wildman–Crippen MR) is 100.0 cm³/mol. The number of hydrogen-bond acceptors (Lipinski definition) is 0. The first-order chi connectivity index (χ1) is 11.4. The largest absolute Gasteiger partial charge is 0.0622 e. The van der Waals surface area contributed by atoms with Crippen molar-refractivity contribution in [2.24, 2.45) is 0 Å². The lowest BCUT2D eigenvalue weighted by Crippen LogP contribution is -2.04. The zero-order valence-electron chi connectivity index (χ0n) is 14.3. The molecule has 2 aromatic carbocycles. The molecule has 1 aliphatic carbocycles. The van der Waals surface area contributed by atoms with E-state index in [0.717, 1.165) is 5.92 Å². The maximum Gasteiger partial charge on any atom is -0.0162 e. The van der Waals surface area contributed by atoms with Crippen molar-refractivity contribution in [3.63, 3.8) is 0 Å². The Morgan fingerprint density at radius 2 is 1.22 bits per heavy atom. The lowest BCUT2D eigenvalue weighted by molar-refractivity contribution is 0.443. The van der Waals surface area contributed by atoms with Crippen LogP contribution >= 0.6 is 0 Å². The molecule has 0 radical (unpaired) electrons. The van der Waals surface area contributed by atoms with Crippen LogP contribution in [0.15, 0.2) is 54.6 Å². The lowest BCUT2D eigenvalue weighted by Gasteiger charge is -2.22. The molecule has 1 saturated carbocycles. The molecule has 0 heteroatoms. The minimum atomic E-state index is 0.837. The third-order valence-corrected chi connectivity index (χ3v) is 5.33. The third kappa shape index (κ3) is 5.23. The highest BCUT2D eigenvalue weighted by Gasteiger charge is 2.14. The molecule has 0 amide bonds. The second kappa shape index (κ2) is 8.91. The van der Waals surface area contributed by atoms with E-state index in [9.17, 15) is 0 Å². The highest BCUT2D eigenvalue weighted by atomic mass is 14.2. The van der Waals surface area contributed by atoms with Crippen LogP contribution in [-0.2, 0) is 12.8 Å². The normalized spacial score (nSPS) is 15.7. The number of aryl methyl sites for hydroxylation is 2. The molecule has 0 aliphatic heterocycles. The summed E-state index contributed by atoms with van der Waals surface area (Å²) in [6, 6.07) is 20.4. The van der Waals surface area contributed by atoms with Crippen molar-refractivity contribution in [2.75, 3.05) is 0 Å². The van der Waals surface area contributed by atoms with E-state index in [1.54, 1.807) is 5.56 Å². The summed E-state index contributed by atoms with van der Waals surface area (Å²) in [4.78, 5) is 0. The Bertz CT molecular complexity index is 546. The minimum Gasteiger partial charge on any atom is -0.0622 e. The van der Waals surface area contributed by atoms with Crippen molar-refractivity contribution in [3.05, 3.63) is 71.3 Å². The van der Waals surface area contributed by atoms with E-state index in [4.69, 9.17) is 0 Å². The molecular weight excluding hydrogens is 276 g/mol. The van der Waals surface area contributed by atoms with E-state index >= 15 is 0 Å². The van der Waals surface area contributed by atoms with Gasteiger partial charge >= 0.3 is 0 Å². The fourth-order valence-electron chi connectivity index (χ4n) is 3.87. The van der Waals surface area contributed by atoms with Gasteiger partial charge < -0.3 is 0 Å². The summed E-state index contributed by atoms with van der Waals surface area (Å²) < 4.78 is 0. The van der Waals surface area contributed by atoms with Crippen molar-refractivity contribution >= 4 is 0 Å². The monoisotopic (exact) mass is 306 g/mol. The highest BCUT2D eigenvalue weighted by molar-refractivity contribution is 5.25. The topological polar surface area (TPSA) is 0 Å². The van der Waals surface area contributed by atoms with Crippen molar-refractivity contribution in [1.29, 1.82) is 0 Å². The standard InChI is InChI=1S/C23H30/c1-4-10-20(11-5-1)12-6-2-7-13-21-16-18-23(19-17-21)22-14-8-3-9-15-22/h1,4-5,10-11,16-19,22H,2-3,6-9,12-15H2. The zero-order valence-corrected chi connectivity index (χ0v) is 14.3. The van der Waals surface area contributed by atoms with Crippen LogP contribution in [0.3, 0.4) is 0 Å². The Hall–Kier alpha value is -1.56. The van der Waals surface area contributed by atoms with Gasteiger partial charge in [-0.15, -0.1) is 0 Å². The quantitative estimate of drug-likeness (QED) is 0.500. The van der Waals surface area contributed by atoms with E-state index in [-0.39, 0.29) is 0 Å². The van der Waals surface area contributed by atoms with Crippen LogP contribution in [0.4, 0.5) is 0 Å². The first-order valence-electron chi connectivity index (χ1n) is 9.54. The predicted octanol–water partition coefficient (Wildman–Crippen LogP) is 6.69. The molecule has 122 valence electrons. The summed E-state index contributed by atoms with van der Waals surface area (Å²) in [5.41, 5.74) is 4.58. The summed E-state index contributed by atoms with van der Waals surface area (Å²) in [7, 11) is 0. The maximum absolute atomic E-state index is 2.40. The molecule has 2 aromatic rings. The van der Waals surface area contributed by atoms with Crippen LogP contribution in [0.1, 0.15) is 74.0 Å². The number of rotatable bonds is 7. The first kappa shape index (κ1) is 16.3. The Balaban J connectivity index is 1.37. The van der Waals surface area contributed by atoms with E-state index in [1.165, 1.54) is 75.3 Å². The van der Waals surface area contributed by atoms with Gasteiger partial charge in [-0.3, -0.25) is 0 Å². The van der Waals surface area contributed by atoms with Crippen LogP contribution in [0.5, 0.6) is 0 Å². The van der Waals surface area contributed by atoms with E-state index in [1.807, 2.05) is 0 Å². The number of benzene rings is 2. The lowest BCUT2D eigenvalue weighted by atomic mass is 9.84. The van der Waals surface area contributed by atoms with Crippen LogP contribution in [0, 0.1) is 0 Å². The first-order valence-corrected chi connectivity index (χ1v) is 9.54. The van der Waals surface area contributed by atoms with Gasteiger partial charge in [-0.05, 0) is 61.1 Å². The van der Waals surface area contributed by atoms with Gasteiger partial charge in [-0.2, -0.15) is 0 Å². The van der Waals surface area contributed by atoms with Crippen LogP contribution < -0.4 is 0 Å². The second-order valence-corrected chi connectivity index (χ2v) is 7.12. The molecule has 3 rings (SSSR count). The van der Waals surface area contributed by atoms with Gasteiger partial charge in [0, 0.05) is 0 Å². The van der Waals surface area contributed by atoms with Crippen molar-refractivity contribution in [2.45, 2.75) is 70.1 Å². The Morgan fingerprint density at radius 3 is 1.87 bits per heavy atom. The third-order valence-electron chi connectivity index (χ3n) is 5.33. The smallest absolute Gasteiger partial charge is 0.0162 e. The van der Waals surface area contributed by atoms with E-state index in [2.05, 4.69) is 54.6 Å². The number of hydrogen-bond donors (Lipinski definition) is 0. The summed E-state index contributed by atoms with van der Waals surface area (Å²) >= 11 is 0. The van der Waals surface area contributed by atoms with Crippen molar-refractivity contribution in [1.82, 2.24) is 0 Å². The summed E-state index contributed by atoms with van der Waals surface area (Å²) in [6.45, 7) is 0. The molecule has 0 heterocycles. The highest BCUT2D eigenvalue weighted by Crippen LogP contribution is 2.32. The van der Waals surface area contributed by atoms with Crippen LogP contribution in [0.25, 0.3) is 0 Å². The number of unbranched alkanes of at least 4 members (excludes halogenated alkanes) is 2. The van der Waals surface area contributed by atoms with Gasteiger partial charge in [0.25, 0.3) is 0 Å². The molecule has 0 aromatic heterocycles. The van der Waals surface area contributed by atoms with E-state index < -0.39 is 0 Å². The Morgan fingerprint density at radius 1 is 0.609 bits per heavy atom. The van der Waals surface area contributed by atoms with Crippen LogP contribution in [-0.4, -0.2) is 0 Å². The molecule has 0 atom stereocenters.